The smallest absolute Gasteiger partial charge is 0.303 e. The normalized spacial score (nSPS) is 10.7. The summed E-state index contributed by atoms with van der Waals surface area (Å²) in [7, 11) is 0. The molecule has 0 aromatic carbocycles. The third-order valence-electron chi connectivity index (χ3n) is 3.65. The summed E-state index contributed by atoms with van der Waals surface area (Å²) in [4.78, 5) is 10.3. The maximum atomic E-state index is 10.3. The summed E-state index contributed by atoms with van der Waals surface area (Å²) in [6.45, 7) is 2.26. The van der Waals surface area contributed by atoms with Crippen LogP contribution in [-0.2, 0) is 21.9 Å². The van der Waals surface area contributed by atoms with Gasteiger partial charge in [0.1, 0.15) is 0 Å². The van der Waals surface area contributed by atoms with Crippen LogP contribution in [0, 0.1) is 0 Å². The van der Waals surface area contributed by atoms with Crippen molar-refractivity contribution in [3.05, 3.63) is 12.2 Å². The van der Waals surface area contributed by atoms with Crippen molar-refractivity contribution in [2.75, 3.05) is 0 Å². The number of allylic oxidation sites excluding steroid dienone is 2. The Morgan fingerprint density at radius 2 is 1.19 bits per heavy atom. The first-order valence-corrected chi connectivity index (χ1v) is 8.64. The quantitative estimate of drug-likeness (QED) is 0.221. The molecule has 0 aromatic rings. The zero-order valence-corrected chi connectivity index (χ0v) is 14.7. The molecule has 0 atom stereocenters. The van der Waals surface area contributed by atoms with Crippen molar-refractivity contribution in [2.45, 2.75) is 96.8 Å². The summed E-state index contributed by atoms with van der Waals surface area (Å²) in [6.07, 6.45) is 21.2. The summed E-state index contributed by atoms with van der Waals surface area (Å²) >= 11 is 0. The van der Waals surface area contributed by atoms with Gasteiger partial charge >= 0.3 is 5.97 Å². The topological polar surface area (TPSA) is 37.3 Å². The summed E-state index contributed by atoms with van der Waals surface area (Å²) in [6, 6.07) is 0. The number of carbonyl (C=O) groups is 1. The van der Waals surface area contributed by atoms with E-state index >= 15 is 0 Å². The van der Waals surface area contributed by atoms with Gasteiger partial charge in [0.15, 0.2) is 0 Å². The van der Waals surface area contributed by atoms with Crippen LogP contribution in [0.2, 0.25) is 0 Å². The predicted molar refractivity (Wildman–Crippen MR) is 87.1 cm³/mol. The van der Waals surface area contributed by atoms with Gasteiger partial charge in [-0.3, -0.25) is 4.79 Å². The average molecular weight is 346 g/mol. The molecule has 0 saturated carbocycles. The molecule has 2 nitrogen and oxygen atoms in total. The van der Waals surface area contributed by atoms with Gasteiger partial charge in [-0.2, -0.15) is 0 Å². The number of carboxylic acid groups (broad SMARTS) is 1. The van der Waals surface area contributed by atoms with Crippen LogP contribution >= 0.6 is 0 Å². The SMILES string of the molecule is CCCCCCCC/C=C\CCCCCCCC(=O)O.[Cu]. The summed E-state index contributed by atoms with van der Waals surface area (Å²) in [5.41, 5.74) is 0. The van der Waals surface area contributed by atoms with Gasteiger partial charge in [0.05, 0.1) is 0 Å². The first-order valence-electron chi connectivity index (χ1n) is 8.64. The van der Waals surface area contributed by atoms with Crippen LogP contribution in [0.25, 0.3) is 0 Å². The number of carboxylic acids is 1. The van der Waals surface area contributed by atoms with E-state index in [2.05, 4.69) is 19.1 Å². The Bertz CT molecular complexity index is 239. The average Bonchev–Trinajstić information content (AvgIpc) is 2.43. The van der Waals surface area contributed by atoms with Crippen LogP contribution < -0.4 is 0 Å². The Kier molecular flexibility index (Phi) is 21.6. The van der Waals surface area contributed by atoms with E-state index in [0.29, 0.717) is 6.42 Å². The molecule has 0 aliphatic heterocycles. The molecule has 21 heavy (non-hydrogen) atoms. The zero-order valence-electron chi connectivity index (χ0n) is 13.7. The fraction of sp³-hybridized carbons (Fsp3) is 0.833. The van der Waals surface area contributed by atoms with Crippen molar-refractivity contribution >= 4 is 5.97 Å². The second-order valence-corrected chi connectivity index (χ2v) is 5.73. The molecule has 0 fully saturated rings. The molecular formula is C18H34CuO2. The molecule has 1 radical (unpaired) electrons. The molecule has 3 heteroatoms. The predicted octanol–water partition coefficient (Wildman–Crippen LogP) is 6.11. The van der Waals surface area contributed by atoms with Crippen molar-refractivity contribution in [1.82, 2.24) is 0 Å². The van der Waals surface area contributed by atoms with Crippen LogP contribution in [-0.4, -0.2) is 11.1 Å². The van der Waals surface area contributed by atoms with E-state index < -0.39 is 5.97 Å². The molecule has 0 aliphatic rings. The van der Waals surface area contributed by atoms with Gasteiger partial charge in [-0.25, -0.2) is 0 Å². The Morgan fingerprint density at radius 3 is 1.67 bits per heavy atom. The van der Waals surface area contributed by atoms with Crippen LogP contribution in [0.4, 0.5) is 0 Å². The summed E-state index contributed by atoms with van der Waals surface area (Å²) < 4.78 is 0. The summed E-state index contributed by atoms with van der Waals surface area (Å²) in [5.74, 6) is -0.664. The Hall–Kier alpha value is -0.271. The molecular weight excluding hydrogens is 312 g/mol. The molecule has 0 bridgehead atoms. The van der Waals surface area contributed by atoms with Gasteiger partial charge in [-0.15, -0.1) is 0 Å². The van der Waals surface area contributed by atoms with E-state index in [1.165, 1.54) is 70.6 Å². The minimum atomic E-state index is -0.664. The van der Waals surface area contributed by atoms with E-state index in [0.717, 1.165) is 12.8 Å². The molecule has 0 spiro atoms. The van der Waals surface area contributed by atoms with Crippen LogP contribution in [0.15, 0.2) is 12.2 Å². The molecule has 0 saturated heterocycles. The first kappa shape index (κ1) is 23.0. The minimum absolute atomic E-state index is 0. The molecule has 0 aliphatic carbocycles. The Labute approximate surface area is 142 Å². The number of hydrogen-bond donors (Lipinski definition) is 1. The van der Waals surface area contributed by atoms with Crippen molar-refractivity contribution < 1.29 is 27.0 Å². The molecule has 129 valence electrons. The monoisotopic (exact) mass is 345 g/mol. The Morgan fingerprint density at radius 1 is 0.762 bits per heavy atom. The van der Waals surface area contributed by atoms with Crippen molar-refractivity contribution in [3.8, 4) is 0 Å². The largest absolute Gasteiger partial charge is 0.481 e. The molecule has 0 unspecified atom stereocenters. The van der Waals surface area contributed by atoms with E-state index in [1.807, 2.05) is 0 Å². The van der Waals surface area contributed by atoms with Crippen LogP contribution in [0.1, 0.15) is 96.8 Å². The third-order valence-corrected chi connectivity index (χ3v) is 3.65. The van der Waals surface area contributed by atoms with E-state index in [1.54, 1.807) is 0 Å². The van der Waals surface area contributed by atoms with E-state index in [-0.39, 0.29) is 17.1 Å². The molecule has 1 N–H and O–H groups in total. The zero-order chi connectivity index (χ0) is 14.9. The van der Waals surface area contributed by atoms with E-state index in [9.17, 15) is 4.79 Å². The van der Waals surface area contributed by atoms with Crippen molar-refractivity contribution in [1.29, 1.82) is 0 Å². The Balaban J connectivity index is 0. The number of unbranched alkanes of at least 4 members (excludes halogenated alkanes) is 11. The van der Waals surface area contributed by atoms with Gasteiger partial charge in [-0.05, 0) is 32.1 Å². The third kappa shape index (κ3) is 22.2. The molecule has 0 aromatic heterocycles. The van der Waals surface area contributed by atoms with Crippen LogP contribution in [0.5, 0.6) is 0 Å². The molecule has 0 amide bonds. The van der Waals surface area contributed by atoms with Gasteiger partial charge in [0, 0.05) is 23.5 Å². The number of hydrogen-bond acceptors (Lipinski definition) is 1. The molecule has 0 rings (SSSR count). The van der Waals surface area contributed by atoms with Crippen LogP contribution in [0.3, 0.4) is 0 Å². The minimum Gasteiger partial charge on any atom is -0.481 e. The fourth-order valence-corrected chi connectivity index (χ4v) is 2.35. The summed E-state index contributed by atoms with van der Waals surface area (Å²) in [5, 5.41) is 8.51. The van der Waals surface area contributed by atoms with Crippen molar-refractivity contribution in [2.24, 2.45) is 0 Å². The van der Waals surface area contributed by atoms with Gasteiger partial charge in [-0.1, -0.05) is 70.4 Å². The van der Waals surface area contributed by atoms with E-state index in [4.69, 9.17) is 5.11 Å². The van der Waals surface area contributed by atoms with Gasteiger partial charge in [0.25, 0.3) is 0 Å². The number of rotatable bonds is 15. The van der Waals surface area contributed by atoms with Gasteiger partial charge in [0.2, 0.25) is 0 Å². The molecule has 0 heterocycles. The second-order valence-electron chi connectivity index (χ2n) is 5.73. The second kappa shape index (κ2) is 19.7. The van der Waals surface area contributed by atoms with Gasteiger partial charge < -0.3 is 5.11 Å². The van der Waals surface area contributed by atoms with Crippen molar-refractivity contribution in [3.63, 3.8) is 0 Å². The fourth-order valence-electron chi connectivity index (χ4n) is 2.35. The maximum Gasteiger partial charge on any atom is 0.303 e. The first-order chi connectivity index (χ1) is 9.77. The number of aliphatic carboxylic acids is 1. The maximum absolute atomic E-state index is 10.3. The standard InChI is InChI=1S/C18H34O2.Cu/c1-2-3-4-5-6-7-8-9-10-11-12-13-14-15-16-17-18(19)20;/h9-10H,2-8,11-17H2,1H3,(H,19,20);/b10-9-;.